The van der Waals surface area contributed by atoms with Crippen LogP contribution in [-0.2, 0) is 6.61 Å². The largest absolute Gasteiger partial charge is 0.486 e. The van der Waals surface area contributed by atoms with Crippen LogP contribution >= 0.6 is 0 Å². The zero-order valence-electron chi connectivity index (χ0n) is 15.3. The lowest BCUT2D eigenvalue weighted by Crippen LogP contribution is -2.59. The molecule has 1 amide bonds. The highest BCUT2D eigenvalue weighted by molar-refractivity contribution is 5.92. The fourth-order valence-corrected chi connectivity index (χ4v) is 2.96. The number of hydrogen-bond donors (Lipinski definition) is 2. The van der Waals surface area contributed by atoms with Crippen molar-refractivity contribution in [2.24, 2.45) is 0 Å². The molecule has 1 fully saturated rings. The van der Waals surface area contributed by atoms with Crippen molar-refractivity contribution in [3.63, 3.8) is 0 Å². The van der Waals surface area contributed by atoms with E-state index in [9.17, 15) is 23.1 Å². The van der Waals surface area contributed by atoms with E-state index in [1.54, 1.807) is 0 Å². The zero-order valence-corrected chi connectivity index (χ0v) is 15.3. The number of ether oxygens (including phenoxy) is 1. The highest BCUT2D eigenvalue weighted by Gasteiger charge is 2.63. The van der Waals surface area contributed by atoms with Crippen LogP contribution in [-0.4, -0.2) is 27.9 Å². The third-order valence-corrected chi connectivity index (χ3v) is 4.21. The first-order chi connectivity index (χ1) is 13.0. The average Bonchev–Trinajstić information content (AvgIpc) is 3.16. The quantitative estimate of drug-likeness (QED) is 0.826. The summed E-state index contributed by atoms with van der Waals surface area (Å²) in [5.74, 6) is -0.693. The van der Waals surface area contributed by atoms with Crippen molar-refractivity contribution in [1.82, 2.24) is 10.4 Å². The second-order valence-corrected chi connectivity index (χ2v) is 6.73. The maximum absolute atomic E-state index is 13.2. The molecular weight excluding hydrogens is 377 g/mol. The van der Waals surface area contributed by atoms with E-state index < -0.39 is 24.2 Å². The number of carbonyl (C=O) groups excluding carboxylic acids is 1. The second kappa shape index (κ2) is 6.90. The number of rotatable bonds is 4. The molecule has 1 saturated heterocycles. The fraction of sp³-hybridized carbons (Fsp3) is 0.316. The monoisotopic (exact) mass is 396 g/mol. The third-order valence-electron chi connectivity index (χ3n) is 4.21. The van der Waals surface area contributed by atoms with Gasteiger partial charge in [0.1, 0.15) is 18.1 Å². The molecule has 1 atom stereocenters. The Kier molecular flexibility index (Phi) is 4.88. The molecule has 1 aromatic heterocycles. The van der Waals surface area contributed by atoms with Crippen LogP contribution in [0.4, 0.5) is 13.2 Å². The third kappa shape index (κ3) is 3.70. The van der Waals surface area contributed by atoms with Gasteiger partial charge in [-0.05, 0) is 49.2 Å². The molecule has 150 valence electrons. The van der Waals surface area contributed by atoms with Gasteiger partial charge in [-0.15, -0.1) is 0 Å². The van der Waals surface area contributed by atoms with Gasteiger partial charge in [0, 0.05) is 12.1 Å². The molecule has 1 unspecified atom stereocenters. The standard InChI is InChI=1S/C19H19F3N2O4/c1-11-6-12(2)8-15(7-11)27-10-14-4-5-16(28-14)17(25)24-18(26,19(20,21)22)9-13(3)23-24/h4-8,23,26H,3,9-10H2,1-2H3. The predicted molar refractivity (Wildman–Crippen MR) is 93.0 cm³/mol. The van der Waals surface area contributed by atoms with E-state index >= 15 is 0 Å². The van der Waals surface area contributed by atoms with E-state index in [4.69, 9.17) is 9.15 Å². The summed E-state index contributed by atoms with van der Waals surface area (Å²) in [6.45, 7) is 7.18. The zero-order chi connectivity index (χ0) is 20.7. The van der Waals surface area contributed by atoms with Gasteiger partial charge in [0.2, 0.25) is 0 Å². The molecule has 0 radical (unpaired) electrons. The fourth-order valence-electron chi connectivity index (χ4n) is 2.96. The maximum Gasteiger partial charge on any atom is 0.438 e. The number of hydrogen-bond acceptors (Lipinski definition) is 5. The number of aryl methyl sites for hydroxylation is 2. The number of alkyl halides is 3. The maximum atomic E-state index is 13.2. The summed E-state index contributed by atoms with van der Waals surface area (Å²) in [5, 5.41) is 10.1. The van der Waals surface area contributed by atoms with E-state index in [0.29, 0.717) is 5.75 Å². The minimum atomic E-state index is -5.07. The van der Waals surface area contributed by atoms with Gasteiger partial charge < -0.3 is 14.3 Å². The average molecular weight is 396 g/mol. The number of aliphatic hydroxyl groups is 1. The molecule has 1 aliphatic heterocycles. The van der Waals surface area contributed by atoms with E-state index in [-0.39, 0.29) is 28.8 Å². The smallest absolute Gasteiger partial charge is 0.438 e. The molecule has 0 aliphatic carbocycles. The van der Waals surface area contributed by atoms with Crippen LogP contribution in [0, 0.1) is 13.8 Å². The molecule has 0 saturated carbocycles. The van der Waals surface area contributed by atoms with Crippen LogP contribution in [0.3, 0.4) is 0 Å². The number of amides is 1. The van der Waals surface area contributed by atoms with E-state index in [1.165, 1.54) is 12.1 Å². The molecule has 3 rings (SSSR count). The lowest BCUT2D eigenvalue weighted by Gasteiger charge is -2.32. The molecule has 0 spiro atoms. The first kappa shape index (κ1) is 19.8. The number of benzene rings is 1. The number of furan rings is 1. The molecular formula is C19H19F3N2O4. The van der Waals surface area contributed by atoms with E-state index in [1.807, 2.05) is 32.0 Å². The van der Waals surface area contributed by atoms with Crippen molar-refractivity contribution >= 4 is 5.91 Å². The Morgan fingerprint density at radius 1 is 1.32 bits per heavy atom. The van der Waals surface area contributed by atoms with Crippen molar-refractivity contribution in [2.75, 3.05) is 0 Å². The summed E-state index contributed by atoms with van der Waals surface area (Å²) >= 11 is 0. The molecule has 1 aromatic carbocycles. The number of nitrogens with zero attached hydrogens (tertiary/aromatic N) is 1. The number of nitrogens with one attached hydrogen (secondary N) is 1. The van der Waals surface area contributed by atoms with Crippen LogP contribution in [0.1, 0.15) is 33.9 Å². The molecule has 2 aromatic rings. The molecule has 0 bridgehead atoms. The van der Waals surface area contributed by atoms with Gasteiger partial charge in [-0.2, -0.15) is 13.2 Å². The van der Waals surface area contributed by atoms with Gasteiger partial charge in [0.05, 0.1) is 0 Å². The molecule has 6 nitrogen and oxygen atoms in total. The summed E-state index contributed by atoms with van der Waals surface area (Å²) in [5.41, 5.74) is 0.640. The molecule has 9 heteroatoms. The van der Waals surface area contributed by atoms with Gasteiger partial charge in [-0.3, -0.25) is 10.2 Å². The number of hydrazine groups is 1. The van der Waals surface area contributed by atoms with Crippen molar-refractivity contribution in [3.05, 3.63) is 65.3 Å². The Balaban J connectivity index is 1.74. The summed E-state index contributed by atoms with van der Waals surface area (Å²) in [6, 6.07) is 8.28. The van der Waals surface area contributed by atoms with Crippen molar-refractivity contribution in [3.8, 4) is 5.75 Å². The SMILES string of the molecule is C=C1CC(O)(C(F)(F)F)N(C(=O)c2ccc(COc3cc(C)cc(C)c3)o2)N1. The minimum absolute atomic E-state index is 0.0140. The van der Waals surface area contributed by atoms with Crippen molar-refractivity contribution < 1.29 is 32.2 Å². The first-order valence-corrected chi connectivity index (χ1v) is 8.37. The van der Waals surface area contributed by atoms with E-state index in [0.717, 1.165) is 11.1 Å². The molecule has 2 N–H and O–H groups in total. The van der Waals surface area contributed by atoms with Crippen LogP contribution in [0.25, 0.3) is 0 Å². The van der Waals surface area contributed by atoms with E-state index in [2.05, 4.69) is 12.0 Å². The molecule has 2 heterocycles. The van der Waals surface area contributed by atoms with Gasteiger partial charge >= 0.3 is 12.1 Å². The normalized spacial score (nSPS) is 19.6. The molecule has 28 heavy (non-hydrogen) atoms. The summed E-state index contributed by atoms with van der Waals surface area (Å²) in [7, 11) is 0. The highest BCUT2D eigenvalue weighted by Crippen LogP contribution is 2.41. The lowest BCUT2D eigenvalue weighted by atomic mass is 10.1. The van der Waals surface area contributed by atoms with Crippen molar-refractivity contribution in [2.45, 2.75) is 38.8 Å². The van der Waals surface area contributed by atoms with Crippen LogP contribution in [0.2, 0.25) is 0 Å². The van der Waals surface area contributed by atoms with Gasteiger partial charge in [-0.1, -0.05) is 12.6 Å². The Labute approximate surface area is 159 Å². The number of carbonyl (C=O) groups is 1. The van der Waals surface area contributed by atoms with Crippen LogP contribution in [0.15, 0.2) is 47.0 Å². The Morgan fingerprint density at radius 2 is 1.96 bits per heavy atom. The highest BCUT2D eigenvalue weighted by atomic mass is 19.4. The van der Waals surface area contributed by atoms with Gasteiger partial charge in [0.25, 0.3) is 5.72 Å². The topological polar surface area (TPSA) is 74.9 Å². The number of halogens is 3. The summed E-state index contributed by atoms with van der Waals surface area (Å²) in [4.78, 5) is 12.5. The Morgan fingerprint density at radius 3 is 2.57 bits per heavy atom. The molecule has 1 aliphatic rings. The second-order valence-electron chi connectivity index (χ2n) is 6.73. The van der Waals surface area contributed by atoms with Crippen LogP contribution in [0.5, 0.6) is 5.75 Å². The predicted octanol–water partition coefficient (Wildman–Crippen LogP) is 3.59. The van der Waals surface area contributed by atoms with Gasteiger partial charge in [-0.25, -0.2) is 5.01 Å². The van der Waals surface area contributed by atoms with Crippen LogP contribution < -0.4 is 10.2 Å². The van der Waals surface area contributed by atoms with Gasteiger partial charge in [0.15, 0.2) is 5.76 Å². The summed E-state index contributed by atoms with van der Waals surface area (Å²) in [6.07, 6.45) is -5.94. The Hall–Kier alpha value is -2.94. The minimum Gasteiger partial charge on any atom is -0.486 e. The summed E-state index contributed by atoms with van der Waals surface area (Å²) < 4.78 is 50.7. The van der Waals surface area contributed by atoms with Crippen molar-refractivity contribution in [1.29, 1.82) is 0 Å². The Bertz CT molecular complexity index is 902. The first-order valence-electron chi connectivity index (χ1n) is 8.37. The lowest BCUT2D eigenvalue weighted by molar-refractivity contribution is -0.299.